The zero-order valence-corrected chi connectivity index (χ0v) is 10.1. The lowest BCUT2D eigenvalue weighted by molar-refractivity contribution is 0.572. The van der Waals surface area contributed by atoms with Crippen LogP contribution in [0.1, 0.15) is 30.0 Å². The normalized spacial score (nSPS) is 26.5. The molecule has 0 radical (unpaired) electrons. The molecule has 0 aromatic heterocycles. The van der Waals surface area contributed by atoms with Gasteiger partial charge in [-0.3, -0.25) is 4.99 Å². The second-order valence-electron chi connectivity index (χ2n) is 4.32. The Kier molecular flexibility index (Phi) is 2.87. The maximum absolute atomic E-state index is 4.84. The van der Waals surface area contributed by atoms with Gasteiger partial charge in [-0.1, -0.05) is 36.0 Å². The summed E-state index contributed by atoms with van der Waals surface area (Å²) in [5.74, 6) is 1.16. The largest absolute Gasteiger partial charge is 0.364 e. The second kappa shape index (κ2) is 4.50. The van der Waals surface area contributed by atoms with Crippen molar-refractivity contribution in [3.8, 4) is 0 Å². The lowest BCUT2D eigenvalue weighted by Gasteiger charge is -2.22. The van der Waals surface area contributed by atoms with Crippen LogP contribution in [0.2, 0.25) is 0 Å². The van der Waals surface area contributed by atoms with Gasteiger partial charge in [0.05, 0.1) is 6.04 Å². The van der Waals surface area contributed by atoms with Crippen molar-refractivity contribution in [1.82, 2.24) is 5.32 Å². The molecule has 0 bridgehead atoms. The van der Waals surface area contributed by atoms with Crippen molar-refractivity contribution < 1.29 is 0 Å². The Balaban J connectivity index is 1.89. The summed E-state index contributed by atoms with van der Waals surface area (Å²) < 4.78 is 0. The summed E-state index contributed by atoms with van der Waals surface area (Å²) in [6, 6.07) is 9.14. The highest BCUT2D eigenvalue weighted by atomic mass is 32.2. The minimum atomic E-state index is 0.387. The van der Waals surface area contributed by atoms with E-state index in [-0.39, 0.29) is 0 Å². The Morgan fingerprint density at radius 2 is 2.25 bits per heavy atom. The van der Waals surface area contributed by atoms with Crippen LogP contribution in [0.4, 0.5) is 0 Å². The van der Waals surface area contributed by atoms with Crippen LogP contribution in [0.3, 0.4) is 0 Å². The van der Waals surface area contributed by atoms with E-state index in [1.54, 1.807) is 0 Å². The lowest BCUT2D eigenvalue weighted by Crippen LogP contribution is -2.16. The van der Waals surface area contributed by atoms with Crippen molar-refractivity contribution in [3.05, 3.63) is 35.4 Å². The third kappa shape index (κ3) is 1.96. The van der Waals surface area contributed by atoms with E-state index in [0.717, 1.165) is 17.5 Å². The number of nitrogens with one attached hydrogen (secondary N) is 1. The summed E-state index contributed by atoms with van der Waals surface area (Å²) in [4.78, 5) is 4.84. The van der Waals surface area contributed by atoms with Crippen molar-refractivity contribution in [2.75, 3.05) is 12.3 Å². The highest BCUT2D eigenvalue weighted by molar-refractivity contribution is 8.14. The molecule has 0 spiro atoms. The standard InChI is InChI=1S/C13H16N2S/c1-2-6-11-10(4-1)5-3-7-12(11)15-13-14-8-9-16-13/h1-2,4,6,12H,3,5,7-9H2,(H,14,15). The summed E-state index contributed by atoms with van der Waals surface area (Å²) in [5, 5.41) is 4.49. The van der Waals surface area contributed by atoms with E-state index < -0.39 is 0 Å². The maximum atomic E-state index is 4.84. The molecule has 2 aliphatic rings. The number of aliphatic imine (C=N–C) groups is 1. The number of thioether (sulfide) groups is 1. The van der Waals surface area contributed by atoms with Crippen LogP contribution in [0.15, 0.2) is 29.3 Å². The first kappa shape index (κ1) is 10.2. The SMILES string of the molecule is c1ccc2c(c1)CCCC2N=C1NCCS1. The van der Waals surface area contributed by atoms with Gasteiger partial charge in [0.25, 0.3) is 0 Å². The maximum Gasteiger partial charge on any atom is 0.157 e. The fourth-order valence-corrected chi connectivity index (χ4v) is 3.25. The number of amidine groups is 1. The van der Waals surface area contributed by atoms with Crippen molar-refractivity contribution in [2.45, 2.75) is 25.3 Å². The number of fused-ring (bicyclic) bond motifs is 1. The molecule has 1 aromatic rings. The molecule has 1 aromatic carbocycles. The molecule has 1 saturated heterocycles. The fourth-order valence-electron chi connectivity index (χ4n) is 2.44. The number of benzene rings is 1. The number of aryl methyl sites for hydroxylation is 1. The smallest absolute Gasteiger partial charge is 0.157 e. The molecule has 2 nitrogen and oxygen atoms in total. The molecular formula is C13H16N2S. The zero-order valence-electron chi connectivity index (χ0n) is 9.28. The van der Waals surface area contributed by atoms with Crippen LogP contribution >= 0.6 is 11.8 Å². The van der Waals surface area contributed by atoms with Crippen LogP contribution in [-0.4, -0.2) is 17.5 Å². The third-order valence-electron chi connectivity index (χ3n) is 3.23. The molecule has 1 heterocycles. The number of nitrogens with zero attached hydrogens (tertiary/aromatic N) is 1. The van der Waals surface area contributed by atoms with Crippen LogP contribution < -0.4 is 5.32 Å². The summed E-state index contributed by atoms with van der Waals surface area (Å²) in [7, 11) is 0. The highest BCUT2D eigenvalue weighted by Gasteiger charge is 2.20. The van der Waals surface area contributed by atoms with Gasteiger partial charge in [0, 0.05) is 12.3 Å². The van der Waals surface area contributed by atoms with Gasteiger partial charge in [0.15, 0.2) is 5.17 Å². The Hall–Kier alpha value is -0.960. The molecule has 0 amide bonds. The lowest BCUT2D eigenvalue weighted by atomic mass is 9.88. The van der Waals surface area contributed by atoms with Crippen molar-refractivity contribution >= 4 is 16.9 Å². The molecule has 0 saturated carbocycles. The van der Waals surface area contributed by atoms with Crippen LogP contribution in [-0.2, 0) is 6.42 Å². The van der Waals surface area contributed by atoms with E-state index in [1.807, 2.05) is 11.8 Å². The van der Waals surface area contributed by atoms with E-state index in [2.05, 4.69) is 29.6 Å². The van der Waals surface area contributed by atoms with E-state index >= 15 is 0 Å². The predicted octanol–water partition coefficient (Wildman–Crippen LogP) is 2.76. The quantitative estimate of drug-likeness (QED) is 0.805. The van der Waals surface area contributed by atoms with E-state index in [1.165, 1.54) is 30.4 Å². The Bertz CT molecular complexity index is 406. The highest BCUT2D eigenvalue weighted by Crippen LogP contribution is 2.33. The molecule has 1 unspecified atom stereocenters. The molecule has 16 heavy (non-hydrogen) atoms. The minimum Gasteiger partial charge on any atom is -0.364 e. The molecule has 1 aliphatic heterocycles. The average Bonchev–Trinajstić information content (AvgIpc) is 2.82. The van der Waals surface area contributed by atoms with Crippen molar-refractivity contribution in [1.29, 1.82) is 0 Å². The fraction of sp³-hybridized carbons (Fsp3) is 0.462. The first-order valence-electron chi connectivity index (χ1n) is 5.96. The van der Waals surface area contributed by atoms with Gasteiger partial charge in [0.2, 0.25) is 0 Å². The van der Waals surface area contributed by atoms with Crippen LogP contribution in [0, 0.1) is 0 Å². The van der Waals surface area contributed by atoms with Gasteiger partial charge < -0.3 is 5.32 Å². The summed E-state index contributed by atoms with van der Waals surface area (Å²) in [6.07, 6.45) is 3.68. The number of hydrogen-bond acceptors (Lipinski definition) is 2. The average molecular weight is 232 g/mol. The second-order valence-corrected chi connectivity index (χ2v) is 5.40. The molecule has 1 atom stereocenters. The van der Waals surface area contributed by atoms with Gasteiger partial charge in [0.1, 0.15) is 0 Å². The van der Waals surface area contributed by atoms with Gasteiger partial charge >= 0.3 is 0 Å². The number of rotatable bonds is 1. The molecule has 3 rings (SSSR count). The van der Waals surface area contributed by atoms with E-state index in [9.17, 15) is 0 Å². The van der Waals surface area contributed by atoms with Crippen LogP contribution in [0.25, 0.3) is 0 Å². The van der Waals surface area contributed by atoms with Crippen molar-refractivity contribution in [2.24, 2.45) is 4.99 Å². The monoisotopic (exact) mass is 232 g/mol. The molecule has 3 heteroatoms. The van der Waals surface area contributed by atoms with Gasteiger partial charge in [-0.15, -0.1) is 0 Å². The van der Waals surface area contributed by atoms with Gasteiger partial charge in [-0.05, 0) is 30.4 Å². The van der Waals surface area contributed by atoms with Crippen molar-refractivity contribution in [3.63, 3.8) is 0 Å². The Labute approximate surface area is 101 Å². The van der Waals surface area contributed by atoms with Gasteiger partial charge in [-0.2, -0.15) is 0 Å². The molecule has 1 N–H and O–H groups in total. The molecule has 1 aliphatic carbocycles. The molecule has 1 fully saturated rings. The topological polar surface area (TPSA) is 24.4 Å². The predicted molar refractivity (Wildman–Crippen MR) is 70.0 cm³/mol. The Morgan fingerprint density at radius 1 is 1.31 bits per heavy atom. The number of hydrogen-bond donors (Lipinski definition) is 1. The third-order valence-corrected chi connectivity index (χ3v) is 4.16. The first-order valence-corrected chi connectivity index (χ1v) is 6.94. The molecule has 84 valence electrons. The first-order chi connectivity index (χ1) is 7.93. The van der Waals surface area contributed by atoms with Crippen LogP contribution in [0.5, 0.6) is 0 Å². The van der Waals surface area contributed by atoms with E-state index in [0.29, 0.717) is 6.04 Å². The summed E-state index contributed by atoms with van der Waals surface area (Å²) in [6.45, 7) is 1.07. The molecular weight excluding hydrogens is 216 g/mol. The van der Waals surface area contributed by atoms with E-state index in [4.69, 9.17) is 4.99 Å². The Morgan fingerprint density at radius 3 is 3.12 bits per heavy atom. The summed E-state index contributed by atoms with van der Waals surface area (Å²) in [5.41, 5.74) is 2.93. The summed E-state index contributed by atoms with van der Waals surface area (Å²) >= 11 is 1.85. The van der Waals surface area contributed by atoms with Gasteiger partial charge in [-0.25, -0.2) is 0 Å². The minimum absolute atomic E-state index is 0.387. The zero-order chi connectivity index (χ0) is 10.8.